The largest absolute Gasteiger partial charge is 0.341 e. The number of fused-ring (bicyclic) bond motifs is 2. The number of H-pyrrole nitrogens is 1. The van der Waals surface area contributed by atoms with Crippen LogP contribution < -0.4 is 10.2 Å². The van der Waals surface area contributed by atoms with Gasteiger partial charge in [-0.2, -0.15) is 0 Å². The Morgan fingerprint density at radius 3 is 2.74 bits per heavy atom. The molecule has 0 radical (unpaired) electrons. The van der Waals surface area contributed by atoms with Crippen LogP contribution in [0.15, 0.2) is 42.5 Å². The zero-order valence-electron chi connectivity index (χ0n) is 14.9. The van der Waals surface area contributed by atoms with Crippen LogP contribution in [0, 0.1) is 0 Å². The molecule has 3 heterocycles. The van der Waals surface area contributed by atoms with Crippen LogP contribution in [0.2, 0.25) is 0 Å². The average Bonchev–Trinajstić information content (AvgIpc) is 3.24. The van der Waals surface area contributed by atoms with E-state index in [1.54, 1.807) is 16.8 Å². The Morgan fingerprint density at radius 1 is 1.11 bits per heavy atom. The molecular weight excluding hydrogens is 342 g/mol. The van der Waals surface area contributed by atoms with Gasteiger partial charge in [0.1, 0.15) is 5.82 Å². The number of aromatic amines is 1. The minimum Gasteiger partial charge on any atom is -0.341 e. The van der Waals surface area contributed by atoms with Crippen molar-refractivity contribution in [2.45, 2.75) is 12.3 Å². The Bertz CT molecular complexity index is 1040. The Kier molecular flexibility index (Phi) is 3.43. The molecule has 27 heavy (non-hydrogen) atoms. The summed E-state index contributed by atoms with van der Waals surface area (Å²) < 4.78 is 0. The smallest absolute Gasteiger partial charge is 0.324 e. The van der Waals surface area contributed by atoms with Crippen molar-refractivity contribution in [2.75, 3.05) is 30.4 Å². The standard InChI is InChI=1S/C20H19N5O2/c1-24-8-9-25(20(24)27)12-6-7-13-14(11-18(26)21-17(13)10-12)19-22-15-4-2-3-5-16(15)23-19/h2-7,10,14H,8-9,11H2,1H3,(H,21,26)(H,22,23). The summed E-state index contributed by atoms with van der Waals surface area (Å²) in [4.78, 5) is 36.1. The van der Waals surface area contributed by atoms with E-state index < -0.39 is 0 Å². The summed E-state index contributed by atoms with van der Waals surface area (Å²) in [6.07, 6.45) is 0.345. The normalized spacial score (nSPS) is 19.5. The van der Waals surface area contributed by atoms with Crippen LogP contribution in [-0.2, 0) is 4.79 Å². The number of carbonyl (C=O) groups excluding carboxylic acids is 2. The lowest BCUT2D eigenvalue weighted by molar-refractivity contribution is -0.116. The minimum atomic E-state index is -0.132. The van der Waals surface area contributed by atoms with Gasteiger partial charge in [-0.1, -0.05) is 18.2 Å². The van der Waals surface area contributed by atoms with Crippen molar-refractivity contribution in [3.63, 3.8) is 0 Å². The third kappa shape index (κ3) is 2.54. The van der Waals surface area contributed by atoms with Crippen LogP contribution in [0.3, 0.4) is 0 Å². The van der Waals surface area contributed by atoms with Gasteiger partial charge in [0.25, 0.3) is 0 Å². The number of hydrogen-bond acceptors (Lipinski definition) is 3. The number of amides is 3. The zero-order valence-corrected chi connectivity index (χ0v) is 14.9. The molecule has 2 aliphatic rings. The second-order valence-corrected chi connectivity index (χ2v) is 7.07. The van der Waals surface area contributed by atoms with E-state index in [-0.39, 0.29) is 17.9 Å². The number of likely N-dealkylation sites (N-methyl/N-ethyl adjacent to an activating group) is 1. The molecule has 7 heteroatoms. The van der Waals surface area contributed by atoms with Crippen LogP contribution in [0.4, 0.5) is 16.2 Å². The maximum absolute atomic E-state index is 12.3. The van der Waals surface area contributed by atoms with Crippen LogP contribution in [0.1, 0.15) is 23.7 Å². The van der Waals surface area contributed by atoms with Crippen LogP contribution >= 0.6 is 0 Å². The molecule has 1 aromatic heterocycles. The molecule has 2 aromatic carbocycles. The summed E-state index contributed by atoms with van der Waals surface area (Å²) in [7, 11) is 1.79. The van der Waals surface area contributed by atoms with E-state index in [0.717, 1.165) is 33.8 Å². The molecule has 1 unspecified atom stereocenters. The van der Waals surface area contributed by atoms with E-state index in [9.17, 15) is 9.59 Å². The first-order chi connectivity index (χ1) is 13.1. The molecule has 3 aromatic rings. The molecule has 0 bridgehead atoms. The molecule has 3 amide bonds. The van der Waals surface area contributed by atoms with Crippen molar-refractivity contribution in [3.05, 3.63) is 53.9 Å². The number of urea groups is 1. The summed E-state index contributed by atoms with van der Waals surface area (Å²) in [5.41, 5.74) is 4.41. The van der Waals surface area contributed by atoms with Crippen LogP contribution in [-0.4, -0.2) is 46.9 Å². The fourth-order valence-corrected chi connectivity index (χ4v) is 3.89. The summed E-state index contributed by atoms with van der Waals surface area (Å²) in [6.45, 7) is 1.35. The van der Waals surface area contributed by atoms with E-state index in [1.807, 2.05) is 42.5 Å². The molecule has 7 nitrogen and oxygen atoms in total. The maximum Gasteiger partial charge on any atom is 0.324 e. The van der Waals surface area contributed by atoms with Gasteiger partial charge in [0, 0.05) is 37.9 Å². The molecule has 1 fully saturated rings. The van der Waals surface area contributed by atoms with Gasteiger partial charge in [0.2, 0.25) is 5.91 Å². The maximum atomic E-state index is 12.3. The van der Waals surface area contributed by atoms with Gasteiger partial charge in [-0.3, -0.25) is 9.69 Å². The van der Waals surface area contributed by atoms with E-state index in [0.29, 0.717) is 19.5 Å². The topological polar surface area (TPSA) is 81.3 Å². The van der Waals surface area contributed by atoms with Gasteiger partial charge in [0.15, 0.2) is 0 Å². The number of aromatic nitrogens is 2. The second kappa shape index (κ2) is 5.84. The number of anilines is 2. The predicted octanol–water partition coefficient (Wildman–Crippen LogP) is 2.91. The molecule has 2 N–H and O–H groups in total. The van der Waals surface area contributed by atoms with E-state index in [4.69, 9.17) is 0 Å². The molecular formula is C20H19N5O2. The highest BCUT2D eigenvalue weighted by Gasteiger charge is 2.31. The van der Waals surface area contributed by atoms with Crippen LogP contribution in [0.5, 0.6) is 0 Å². The summed E-state index contributed by atoms with van der Waals surface area (Å²) in [5, 5.41) is 2.95. The number of imidazole rings is 1. The quantitative estimate of drug-likeness (QED) is 0.736. The molecule has 5 rings (SSSR count). The lowest BCUT2D eigenvalue weighted by Crippen LogP contribution is -2.30. The molecule has 0 spiro atoms. The third-order valence-electron chi connectivity index (χ3n) is 5.34. The predicted molar refractivity (Wildman–Crippen MR) is 103 cm³/mol. The van der Waals surface area contributed by atoms with Crippen molar-refractivity contribution in [1.29, 1.82) is 0 Å². The number of para-hydroxylation sites is 2. The number of benzene rings is 2. The molecule has 1 saturated heterocycles. The number of hydrogen-bond donors (Lipinski definition) is 2. The lowest BCUT2D eigenvalue weighted by Gasteiger charge is -2.26. The number of nitrogens with zero attached hydrogens (tertiary/aromatic N) is 3. The Hall–Kier alpha value is -3.35. The van der Waals surface area contributed by atoms with Gasteiger partial charge in [0.05, 0.1) is 17.0 Å². The van der Waals surface area contributed by atoms with Crippen molar-refractivity contribution < 1.29 is 9.59 Å². The fraction of sp³-hybridized carbons (Fsp3) is 0.250. The van der Waals surface area contributed by atoms with Crippen molar-refractivity contribution in [3.8, 4) is 0 Å². The van der Waals surface area contributed by atoms with E-state index >= 15 is 0 Å². The van der Waals surface area contributed by atoms with Gasteiger partial charge < -0.3 is 15.2 Å². The van der Waals surface area contributed by atoms with Gasteiger partial charge >= 0.3 is 6.03 Å². The fourth-order valence-electron chi connectivity index (χ4n) is 3.89. The Labute approximate surface area is 156 Å². The Balaban J connectivity index is 1.55. The highest BCUT2D eigenvalue weighted by Crippen LogP contribution is 2.38. The summed E-state index contributed by atoms with van der Waals surface area (Å²) >= 11 is 0. The first-order valence-electron chi connectivity index (χ1n) is 9.01. The third-order valence-corrected chi connectivity index (χ3v) is 5.34. The molecule has 0 saturated carbocycles. The zero-order chi connectivity index (χ0) is 18.5. The monoisotopic (exact) mass is 361 g/mol. The first-order valence-corrected chi connectivity index (χ1v) is 9.01. The van der Waals surface area contributed by atoms with E-state index in [2.05, 4.69) is 15.3 Å². The molecule has 2 aliphatic heterocycles. The highest BCUT2D eigenvalue weighted by atomic mass is 16.2. The number of nitrogens with one attached hydrogen (secondary N) is 2. The van der Waals surface area contributed by atoms with Gasteiger partial charge in [-0.15, -0.1) is 0 Å². The molecule has 1 atom stereocenters. The van der Waals surface area contributed by atoms with Gasteiger partial charge in [-0.05, 0) is 29.8 Å². The number of carbonyl (C=O) groups is 2. The SMILES string of the molecule is CN1CCN(c2ccc3c(c2)NC(=O)CC3c2nc3ccccc3[nH]2)C1=O. The van der Waals surface area contributed by atoms with E-state index in [1.165, 1.54) is 0 Å². The van der Waals surface area contributed by atoms with Crippen molar-refractivity contribution in [2.24, 2.45) is 0 Å². The Morgan fingerprint density at radius 2 is 1.96 bits per heavy atom. The second-order valence-electron chi connectivity index (χ2n) is 7.07. The summed E-state index contributed by atoms with van der Waals surface area (Å²) in [6, 6.07) is 13.7. The van der Waals surface area contributed by atoms with Gasteiger partial charge in [-0.25, -0.2) is 9.78 Å². The van der Waals surface area contributed by atoms with Crippen LogP contribution in [0.25, 0.3) is 11.0 Å². The molecule has 136 valence electrons. The average molecular weight is 361 g/mol. The minimum absolute atomic E-state index is 0.0223. The summed E-state index contributed by atoms with van der Waals surface area (Å²) in [5.74, 6) is 0.610. The first kappa shape index (κ1) is 15.9. The highest BCUT2D eigenvalue weighted by molar-refractivity contribution is 5.98. The molecule has 0 aliphatic carbocycles. The van der Waals surface area contributed by atoms with Crippen molar-refractivity contribution in [1.82, 2.24) is 14.9 Å². The van der Waals surface area contributed by atoms with Crippen molar-refractivity contribution >= 4 is 34.3 Å². The number of rotatable bonds is 2. The lowest BCUT2D eigenvalue weighted by atomic mass is 9.89.